The smallest absolute Gasteiger partial charge is 0 e. The minimum Gasteiger partial charge on any atom is -0.545 e. The fraction of sp³-hybridized carbons (Fsp3) is 0. The first-order chi connectivity index (χ1) is 12.0. The van der Waals surface area contributed by atoms with Gasteiger partial charge in [0.2, 0.25) is 0 Å². The van der Waals surface area contributed by atoms with Crippen molar-refractivity contribution >= 4 is 81.5 Å². The van der Waals surface area contributed by atoms with Crippen LogP contribution in [0.3, 0.4) is 0 Å². The van der Waals surface area contributed by atoms with Crippen LogP contribution in [-0.4, -0.2) is 81.5 Å². The van der Waals surface area contributed by atoms with Gasteiger partial charge in [0.1, 0.15) is 0 Å². The Hall–Kier alpha value is -3.34. The van der Waals surface area contributed by atoms with Crippen LogP contribution < -0.4 is 0 Å². The van der Waals surface area contributed by atoms with Crippen molar-refractivity contribution in [1.82, 2.24) is 0 Å². The molecule has 0 bridgehead atoms. The zero-order valence-electron chi connectivity index (χ0n) is 12.2. The Balaban J connectivity index is -0.00000000569. The van der Waals surface area contributed by atoms with E-state index >= 15 is 0 Å². The van der Waals surface area contributed by atoms with Gasteiger partial charge in [-0.3, -0.25) is 81.5 Å². The van der Waals surface area contributed by atoms with E-state index in [1.165, 1.54) is 0 Å². The molecule has 13 heteroatoms. The Morgan fingerprint density at radius 2 is 0.160 bits per heavy atom. The van der Waals surface area contributed by atoms with Gasteiger partial charge in [0.05, 0.1) is 0 Å². The molecule has 0 spiro atoms. The maximum Gasteiger partial charge on any atom is 0 e. The molecule has 0 fully saturated rings. The molecule has 0 aromatic carbocycles. The molecule has 0 aliphatic carbocycles. The molecule has 0 aliphatic rings. The van der Waals surface area contributed by atoms with Crippen molar-refractivity contribution in [2.45, 2.75) is 0 Å². The van der Waals surface area contributed by atoms with Crippen molar-refractivity contribution in [3.05, 3.63) is 0 Å². The minimum atomic E-state index is 0. The molecule has 0 heterocycles. The summed E-state index contributed by atoms with van der Waals surface area (Å²) >= 11 is 0. The minimum absolute atomic E-state index is 0. The van der Waals surface area contributed by atoms with Crippen LogP contribution in [0.4, 0.5) is 0 Å². The first-order valence-corrected chi connectivity index (χ1v) is 2.83. The Kier molecular flexibility index (Phi) is 3540. The van der Waals surface area contributed by atoms with E-state index in [1.54, 1.807) is 0 Å². The van der Waals surface area contributed by atoms with E-state index in [4.69, 9.17) is 57.5 Å². The zero-order valence-corrected chi connectivity index (χ0v) is 13.8. The molecule has 25 heavy (non-hydrogen) atoms. The van der Waals surface area contributed by atoms with Gasteiger partial charge in [0, 0.05) is 19.5 Å². The molecule has 0 aromatic rings. The molecule has 0 N–H and O–H groups in total. The van der Waals surface area contributed by atoms with Crippen LogP contribution in [0, 0.1) is 0 Å². The van der Waals surface area contributed by atoms with Crippen molar-refractivity contribution < 1.29 is 77.0 Å². The Labute approximate surface area is 159 Å². The van der Waals surface area contributed by atoms with E-state index in [-0.39, 0.29) is 19.5 Å². The number of rotatable bonds is 0. The standard InChI is InChI=1S/12CHO.Rh/c12*1-2;/h12*1H;/q12*-1;. The molecule has 1 radical (unpaired) electrons. The molecule has 0 saturated heterocycles. The summed E-state index contributed by atoms with van der Waals surface area (Å²) in [6, 6.07) is 0. The maximum atomic E-state index is 7.75. The average Bonchev–Trinajstić information content (AvgIpc) is 2.84. The molecule has 0 rings (SSSR count). The van der Waals surface area contributed by atoms with Crippen LogP contribution >= 0.6 is 0 Å². The first-order valence-electron chi connectivity index (χ1n) is 2.83. The molecule has 0 saturated carbocycles. The number of hydrogen-bond acceptors (Lipinski definition) is 12. The van der Waals surface area contributed by atoms with E-state index in [2.05, 4.69) is 81.5 Å². The predicted molar refractivity (Wildman–Crippen MR) is 81.0 cm³/mol. The maximum absolute atomic E-state index is 7.75. The van der Waals surface area contributed by atoms with E-state index < -0.39 is 0 Å². The van der Waals surface area contributed by atoms with Crippen molar-refractivity contribution in [3.8, 4) is 0 Å². The van der Waals surface area contributed by atoms with Gasteiger partial charge in [0.25, 0.3) is 0 Å². The summed E-state index contributed by atoms with van der Waals surface area (Å²) in [6.07, 6.45) is 0. The zero-order chi connectivity index (χ0) is 24.0. The van der Waals surface area contributed by atoms with Gasteiger partial charge >= 0.3 is 0 Å². The Morgan fingerprint density at radius 3 is 0.160 bits per heavy atom. The third-order valence-electron chi connectivity index (χ3n) is 0. The van der Waals surface area contributed by atoms with Crippen LogP contribution in [0.2, 0.25) is 0 Å². The SMILES string of the molecule is [CH-]=O.[CH-]=O.[CH-]=O.[CH-]=O.[CH-]=O.[CH-]=O.[CH-]=O.[CH-]=O.[CH-]=O.[CH-]=O.[CH-]=O.[CH-]=O.[Rh]. The van der Waals surface area contributed by atoms with Gasteiger partial charge in [-0.2, -0.15) is 0 Å². The number of carbonyl (C=O) groups excluding carboxylic acids is 12. The molecule has 0 amide bonds. The third-order valence-corrected chi connectivity index (χ3v) is 0. The summed E-state index contributed by atoms with van der Waals surface area (Å²) in [6.45, 7) is 39.0. The van der Waals surface area contributed by atoms with Gasteiger partial charge < -0.3 is 57.5 Å². The average molecular weight is 451 g/mol. The summed E-state index contributed by atoms with van der Waals surface area (Å²) < 4.78 is 0. The van der Waals surface area contributed by atoms with Crippen LogP contribution in [0.15, 0.2) is 0 Å². The summed E-state index contributed by atoms with van der Waals surface area (Å²) in [4.78, 5) is 93.0. The van der Waals surface area contributed by atoms with Gasteiger partial charge in [-0.1, -0.05) is 0 Å². The summed E-state index contributed by atoms with van der Waals surface area (Å²) in [7, 11) is 0. The summed E-state index contributed by atoms with van der Waals surface area (Å²) in [5.41, 5.74) is 0. The monoisotopic (exact) mass is 451 g/mol. The predicted octanol–water partition coefficient (Wildman–Crippen LogP) is -3.29. The van der Waals surface area contributed by atoms with E-state index in [9.17, 15) is 0 Å². The fourth-order valence-corrected chi connectivity index (χ4v) is 0. The second-order valence-corrected chi connectivity index (χ2v) is 0. The molecule has 153 valence electrons. The van der Waals surface area contributed by atoms with Crippen molar-refractivity contribution in [2.24, 2.45) is 0 Å². The molecule has 0 atom stereocenters. The van der Waals surface area contributed by atoms with Crippen molar-refractivity contribution in [1.29, 1.82) is 0 Å². The Morgan fingerprint density at radius 1 is 0.160 bits per heavy atom. The second kappa shape index (κ2) is 718. The molecule has 0 aliphatic heterocycles. The van der Waals surface area contributed by atoms with Crippen LogP contribution in [0.1, 0.15) is 0 Å². The molecule has 0 unspecified atom stereocenters. The Bertz CT molecular complexity index is 73.1. The fourth-order valence-electron chi connectivity index (χ4n) is 0. The van der Waals surface area contributed by atoms with Crippen molar-refractivity contribution in [2.75, 3.05) is 0 Å². The normalized spacial score (nSPS) is 1.92. The number of hydrogen-bond donors (Lipinski definition) is 0. The first kappa shape index (κ1) is 123. The van der Waals surface area contributed by atoms with Crippen LogP contribution in [-0.2, 0) is 77.0 Å². The van der Waals surface area contributed by atoms with Gasteiger partial charge in [-0.25, -0.2) is 0 Å². The van der Waals surface area contributed by atoms with Gasteiger partial charge in [-0.15, -0.1) is 0 Å². The van der Waals surface area contributed by atoms with Crippen LogP contribution in [0.5, 0.6) is 0 Å². The van der Waals surface area contributed by atoms with E-state index in [0.29, 0.717) is 0 Å². The summed E-state index contributed by atoms with van der Waals surface area (Å²) in [5, 5.41) is 0. The van der Waals surface area contributed by atoms with Gasteiger partial charge in [0.15, 0.2) is 0 Å². The third kappa shape index (κ3) is 646. The second-order valence-electron chi connectivity index (χ2n) is 0. The summed E-state index contributed by atoms with van der Waals surface area (Å²) in [5.74, 6) is 0. The quantitative estimate of drug-likeness (QED) is 0.202. The largest absolute Gasteiger partial charge is 0.545 e. The topological polar surface area (TPSA) is 205 Å². The van der Waals surface area contributed by atoms with Crippen LogP contribution in [0.25, 0.3) is 0 Å². The van der Waals surface area contributed by atoms with E-state index in [1.807, 2.05) is 0 Å². The van der Waals surface area contributed by atoms with E-state index in [0.717, 1.165) is 0 Å². The molecule has 0 aromatic heterocycles. The molecular formula is C12H12O12Rh-12. The van der Waals surface area contributed by atoms with Crippen molar-refractivity contribution in [3.63, 3.8) is 0 Å². The molecular weight excluding hydrogens is 439 g/mol. The van der Waals surface area contributed by atoms with Gasteiger partial charge in [-0.05, 0) is 0 Å². The molecule has 12 nitrogen and oxygen atoms in total.